The number of nitrogens with two attached hydrogens (primary N) is 1. The number of hydrogen-bond donors (Lipinski definition) is 1. The van der Waals surface area contributed by atoms with E-state index in [1.54, 1.807) is 6.20 Å². The number of aryl methyl sites for hydroxylation is 1. The number of imidazole rings is 1. The van der Waals surface area contributed by atoms with E-state index < -0.39 is 0 Å². The average molecular weight is 264 g/mol. The highest BCUT2D eigenvalue weighted by Gasteiger charge is 2.07. The summed E-state index contributed by atoms with van der Waals surface area (Å²) in [4.78, 5) is 8.66. The minimum atomic E-state index is 0.577. The maximum Gasteiger partial charge on any atom is 0.202 e. The lowest BCUT2D eigenvalue weighted by Gasteiger charge is -2.05. The van der Waals surface area contributed by atoms with Crippen molar-refractivity contribution in [1.82, 2.24) is 14.5 Å². The molecule has 0 amide bonds. The molecule has 5 heteroatoms. The van der Waals surface area contributed by atoms with Crippen LogP contribution in [0.15, 0.2) is 18.3 Å². The summed E-state index contributed by atoms with van der Waals surface area (Å²) in [7, 11) is 0. The fraction of sp³-hybridized carbons (Fsp3) is 0.538. The van der Waals surface area contributed by atoms with Crippen molar-refractivity contribution < 1.29 is 0 Å². The Morgan fingerprint density at radius 3 is 2.94 bits per heavy atom. The van der Waals surface area contributed by atoms with Gasteiger partial charge in [0.1, 0.15) is 5.52 Å². The quantitative estimate of drug-likeness (QED) is 0.781. The molecule has 0 unspecified atom stereocenters. The van der Waals surface area contributed by atoms with E-state index >= 15 is 0 Å². The summed E-state index contributed by atoms with van der Waals surface area (Å²) in [6, 6.07) is 3.84. The molecule has 0 spiro atoms. The third-order valence-corrected chi connectivity index (χ3v) is 3.71. The van der Waals surface area contributed by atoms with Gasteiger partial charge in [-0.3, -0.25) is 4.57 Å². The summed E-state index contributed by atoms with van der Waals surface area (Å²) in [6.45, 7) is 0.915. The van der Waals surface area contributed by atoms with Gasteiger partial charge in [-0.05, 0) is 37.0 Å². The maximum absolute atomic E-state index is 5.92. The number of thioether (sulfide) groups is 1. The molecule has 0 saturated carbocycles. The van der Waals surface area contributed by atoms with Gasteiger partial charge in [0, 0.05) is 12.7 Å². The summed E-state index contributed by atoms with van der Waals surface area (Å²) in [6.07, 6.45) is 8.93. The molecule has 4 nitrogen and oxygen atoms in total. The number of aromatic nitrogens is 3. The van der Waals surface area contributed by atoms with Crippen LogP contribution in [-0.2, 0) is 6.54 Å². The Morgan fingerprint density at radius 1 is 1.28 bits per heavy atom. The van der Waals surface area contributed by atoms with E-state index in [0.29, 0.717) is 5.95 Å². The normalized spacial score (nSPS) is 11.2. The number of fused-ring (bicyclic) bond motifs is 1. The van der Waals surface area contributed by atoms with E-state index in [4.69, 9.17) is 5.73 Å². The van der Waals surface area contributed by atoms with Gasteiger partial charge in [-0.25, -0.2) is 9.97 Å². The minimum Gasteiger partial charge on any atom is -0.369 e. The van der Waals surface area contributed by atoms with Crippen molar-refractivity contribution >= 4 is 28.9 Å². The van der Waals surface area contributed by atoms with Crippen LogP contribution < -0.4 is 5.73 Å². The number of unbranched alkanes of at least 4 members (excludes halogenated alkanes) is 3. The minimum absolute atomic E-state index is 0.577. The Morgan fingerprint density at radius 2 is 2.11 bits per heavy atom. The summed E-state index contributed by atoms with van der Waals surface area (Å²) in [5.41, 5.74) is 7.71. The molecule has 2 aromatic heterocycles. The molecule has 2 heterocycles. The van der Waals surface area contributed by atoms with E-state index in [1.807, 2.05) is 28.5 Å². The molecule has 0 aliphatic rings. The summed E-state index contributed by atoms with van der Waals surface area (Å²) >= 11 is 1.92. The van der Waals surface area contributed by atoms with Gasteiger partial charge in [0.25, 0.3) is 0 Å². The highest BCUT2D eigenvalue weighted by Crippen LogP contribution is 2.16. The molecule has 98 valence electrons. The van der Waals surface area contributed by atoms with Gasteiger partial charge in [-0.15, -0.1) is 0 Å². The SMILES string of the molecule is CSCCCCCCn1c(N)nc2cccnc21. The van der Waals surface area contributed by atoms with Crippen molar-refractivity contribution in [2.45, 2.75) is 32.2 Å². The van der Waals surface area contributed by atoms with E-state index in [1.165, 1.54) is 25.0 Å². The predicted molar refractivity (Wildman–Crippen MR) is 78.8 cm³/mol. The molecule has 2 N–H and O–H groups in total. The molecular formula is C13H20N4S. The Balaban J connectivity index is 1.89. The molecule has 0 radical (unpaired) electrons. The first-order chi connectivity index (χ1) is 8.83. The first-order valence-electron chi connectivity index (χ1n) is 6.38. The number of anilines is 1. The Labute approximate surface area is 112 Å². The largest absolute Gasteiger partial charge is 0.369 e. The molecule has 0 atom stereocenters. The number of hydrogen-bond acceptors (Lipinski definition) is 4. The summed E-state index contributed by atoms with van der Waals surface area (Å²) < 4.78 is 2.02. The highest BCUT2D eigenvalue weighted by molar-refractivity contribution is 7.98. The third-order valence-electron chi connectivity index (χ3n) is 3.01. The zero-order chi connectivity index (χ0) is 12.8. The summed E-state index contributed by atoms with van der Waals surface area (Å²) in [5, 5.41) is 0. The second kappa shape index (κ2) is 6.64. The van der Waals surface area contributed by atoms with Crippen molar-refractivity contribution in [2.75, 3.05) is 17.7 Å². The lowest BCUT2D eigenvalue weighted by atomic mass is 10.2. The second-order valence-corrected chi connectivity index (χ2v) is 5.36. The molecular weight excluding hydrogens is 244 g/mol. The molecule has 0 saturated heterocycles. The Hall–Kier alpha value is -1.23. The third kappa shape index (κ3) is 3.16. The van der Waals surface area contributed by atoms with E-state index in [0.717, 1.165) is 24.1 Å². The van der Waals surface area contributed by atoms with Crippen LogP contribution in [0.3, 0.4) is 0 Å². The van der Waals surface area contributed by atoms with E-state index in [2.05, 4.69) is 16.2 Å². The fourth-order valence-electron chi connectivity index (χ4n) is 2.07. The van der Waals surface area contributed by atoms with Gasteiger partial charge in [-0.2, -0.15) is 11.8 Å². The maximum atomic E-state index is 5.92. The molecule has 2 aromatic rings. The van der Waals surface area contributed by atoms with Crippen LogP contribution in [0.25, 0.3) is 11.2 Å². The zero-order valence-corrected chi connectivity index (χ0v) is 11.6. The molecule has 0 fully saturated rings. The van der Waals surface area contributed by atoms with E-state index in [9.17, 15) is 0 Å². The number of rotatable bonds is 7. The van der Waals surface area contributed by atoms with Crippen molar-refractivity contribution in [3.63, 3.8) is 0 Å². The van der Waals surface area contributed by atoms with Crippen LogP contribution in [0.4, 0.5) is 5.95 Å². The number of nitrogen functional groups attached to an aromatic ring is 1. The van der Waals surface area contributed by atoms with Crippen LogP contribution in [0.1, 0.15) is 25.7 Å². The van der Waals surface area contributed by atoms with E-state index in [-0.39, 0.29) is 0 Å². The predicted octanol–water partition coefficient (Wildman–Crippen LogP) is 2.94. The molecule has 0 aliphatic heterocycles. The Kier molecular flexibility index (Phi) is 4.87. The molecule has 0 bridgehead atoms. The van der Waals surface area contributed by atoms with Crippen LogP contribution in [0.2, 0.25) is 0 Å². The van der Waals surface area contributed by atoms with Crippen molar-refractivity contribution in [3.8, 4) is 0 Å². The van der Waals surface area contributed by atoms with Crippen molar-refractivity contribution in [1.29, 1.82) is 0 Å². The van der Waals surface area contributed by atoms with Gasteiger partial charge in [0.05, 0.1) is 0 Å². The highest BCUT2D eigenvalue weighted by atomic mass is 32.2. The van der Waals surface area contributed by atoms with Gasteiger partial charge in [-0.1, -0.05) is 12.8 Å². The Bertz CT molecular complexity index is 495. The average Bonchev–Trinajstić information content (AvgIpc) is 2.70. The van der Waals surface area contributed by atoms with Crippen molar-refractivity contribution in [2.24, 2.45) is 0 Å². The monoisotopic (exact) mass is 264 g/mol. The molecule has 0 aromatic carbocycles. The first kappa shape index (κ1) is 13.2. The van der Waals surface area contributed by atoms with Gasteiger partial charge < -0.3 is 5.73 Å². The number of nitrogens with zero attached hydrogens (tertiary/aromatic N) is 3. The van der Waals surface area contributed by atoms with Gasteiger partial charge in [0.15, 0.2) is 5.65 Å². The zero-order valence-electron chi connectivity index (χ0n) is 10.8. The lowest BCUT2D eigenvalue weighted by molar-refractivity contribution is 0.595. The first-order valence-corrected chi connectivity index (χ1v) is 7.78. The van der Waals surface area contributed by atoms with Crippen LogP contribution >= 0.6 is 11.8 Å². The fourth-order valence-corrected chi connectivity index (χ4v) is 2.56. The van der Waals surface area contributed by atoms with Crippen LogP contribution in [-0.4, -0.2) is 26.5 Å². The standard InChI is InChI=1S/C13H20N4S/c1-18-10-5-3-2-4-9-17-12-11(16-13(17)14)7-6-8-15-12/h6-8H,2-5,9-10H2,1H3,(H2,14,16). The molecule has 18 heavy (non-hydrogen) atoms. The second-order valence-electron chi connectivity index (χ2n) is 4.37. The van der Waals surface area contributed by atoms with Gasteiger partial charge in [0.2, 0.25) is 5.95 Å². The number of pyridine rings is 1. The van der Waals surface area contributed by atoms with Crippen LogP contribution in [0.5, 0.6) is 0 Å². The van der Waals surface area contributed by atoms with Crippen LogP contribution in [0, 0.1) is 0 Å². The molecule has 2 rings (SSSR count). The molecule has 0 aliphatic carbocycles. The lowest BCUT2D eigenvalue weighted by Crippen LogP contribution is -2.04. The van der Waals surface area contributed by atoms with Gasteiger partial charge >= 0.3 is 0 Å². The van der Waals surface area contributed by atoms with Crippen molar-refractivity contribution in [3.05, 3.63) is 18.3 Å². The smallest absolute Gasteiger partial charge is 0.202 e. The topological polar surface area (TPSA) is 56.7 Å². The summed E-state index contributed by atoms with van der Waals surface area (Å²) in [5.74, 6) is 1.84.